The van der Waals surface area contributed by atoms with E-state index in [2.05, 4.69) is 22.3 Å². The summed E-state index contributed by atoms with van der Waals surface area (Å²) in [7, 11) is 0. The molecule has 0 bridgehead atoms. The molecule has 2 heterocycles. The number of carbonyl (C=O) groups excluding carboxylic acids is 2. The number of aldehydes is 1. The fraction of sp³-hybridized carbons (Fsp3) is 0.278. The topological polar surface area (TPSA) is 86.7 Å². The molecular weight excluding hydrogens is 340 g/mol. The summed E-state index contributed by atoms with van der Waals surface area (Å²) in [6.45, 7) is 2.32. The zero-order chi connectivity index (χ0) is 17.8. The van der Waals surface area contributed by atoms with Crippen molar-refractivity contribution in [2.75, 3.05) is 18.4 Å². The normalized spacial score (nSPS) is 13.9. The van der Waals surface area contributed by atoms with Crippen LogP contribution in [-0.4, -0.2) is 41.3 Å². The number of thiophene rings is 1. The average Bonchev–Trinajstić information content (AvgIpc) is 2.97. The quantitative estimate of drug-likeness (QED) is 0.611. The van der Waals surface area contributed by atoms with Gasteiger partial charge in [-0.05, 0) is 24.0 Å². The lowest BCUT2D eigenvalue weighted by Crippen LogP contribution is -2.32. The van der Waals surface area contributed by atoms with Crippen LogP contribution in [0.4, 0.5) is 5.00 Å². The number of hydrogen-bond acceptors (Lipinski definition) is 5. The van der Waals surface area contributed by atoms with E-state index in [1.54, 1.807) is 0 Å². The van der Waals surface area contributed by atoms with Gasteiger partial charge in [-0.1, -0.05) is 30.3 Å². The van der Waals surface area contributed by atoms with Gasteiger partial charge in [0.2, 0.25) is 6.29 Å². The molecule has 0 saturated heterocycles. The molecule has 0 aliphatic carbocycles. The number of hydrogen-bond donors (Lipinski definition) is 2. The third-order valence-corrected chi connectivity index (χ3v) is 5.39. The van der Waals surface area contributed by atoms with Gasteiger partial charge in [0.25, 0.3) is 5.91 Å². The molecule has 1 amide bonds. The number of carboxylic acids is 1. The van der Waals surface area contributed by atoms with Gasteiger partial charge in [0.15, 0.2) is 0 Å². The van der Waals surface area contributed by atoms with Crippen LogP contribution in [-0.2, 0) is 29.0 Å². The number of aromatic carboxylic acids is 1. The Balaban J connectivity index is 1.74. The summed E-state index contributed by atoms with van der Waals surface area (Å²) in [6.07, 6.45) is 1.71. The van der Waals surface area contributed by atoms with Crippen molar-refractivity contribution in [1.82, 2.24) is 4.90 Å². The number of rotatable bonds is 6. The Hall–Kier alpha value is -2.51. The Morgan fingerprint density at radius 2 is 2.04 bits per heavy atom. The summed E-state index contributed by atoms with van der Waals surface area (Å²) >= 11 is 1.25. The van der Waals surface area contributed by atoms with E-state index in [1.165, 1.54) is 16.9 Å². The number of nitrogens with one attached hydrogen (secondary N) is 1. The highest BCUT2D eigenvalue weighted by molar-refractivity contribution is 7.17. The molecule has 7 heteroatoms. The molecule has 0 atom stereocenters. The monoisotopic (exact) mass is 358 g/mol. The maximum atomic E-state index is 11.6. The van der Waals surface area contributed by atoms with E-state index < -0.39 is 11.9 Å². The second kappa shape index (κ2) is 7.58. The van der Waals surface area contributed by atoms with E-state index in [-0.39, 0.29) is 16.9 Å². The zero-order valence-electron chi connectivity index (χ0n) is 13.5. The Labute approximate surface area is 149 Å². The summed E-state index contributed by atoms with van der Waals surface area (Å²) in [4.78, 5) is 36.7. The molecule has 0 spiro atoms. The summed E-state index contributed by atoms with van der Waals surface area (Å²) in [5, 5.41) is 12.1. The van der Waals surface area contributed by atoms with E-state index in [4.69, 9.17) is 0 Å². The fourth-order valence-corrected chi connectivity index (χ4v) is 4.32. The Morgan fingerprint density at radius 1 is 1.28 bits per heavy atom. The SMILES string of the molecule is O=CC(=O)Nc1sc2c(c1C(=O)O)CCN(CCc1ccccc1)C2. The second-order valence-corrected chi connectivity index (χ2v) is 6.99. The van der Waals surface area contributed by atoms with Crippen LogP contribution >= 0.6 is 11.3 Å². The first-order valence-corrected chi connectivity index (χ1v) is 8.80. The summed E-state index contributed by atoms with van der Waals surface area (Å²) < 4.78 is 0. The van der Waals surface area contributed by atoms with E-state index in [0.717, 1.165) is 30.0 Å². The van der Waals surface area contributed by atoms with E-state index in [9.17, 15) is 19.5 Å². The van der Waals surface area contributed by atoms with Crippen molar-refractivity contribution in [3.8, 4) is 0 Å². The highest BCUT2D eigenvalue weighted by Crippen LogP contribution is 2.37. The van der Waals surface area contributed by atoms with Crippen molar-refractivity contribution in [2.45, 2.75) is 19.4 Å². The van der Waals surface area contributed by atoms with Gasteiger partial charge in [0.05, 0.1) is 5.56 Å². The lowest BCUT2D eigenvalue weighted by atomic mass is 10.0. The summed E-state index contributed by atoms with van der Waals surface area (Å²) in [5.41, 5.74) is 2.16. The molecule has 1 aliphatic heterocycles. The molecule has 25 heavy (non-hydrogen) atoms. The highest BCUT2D eigenvalue weighted by Gasteiger charge is 2.28. The van der Waals surface area contributed by atoms with Crippen LogP contribution in [0.15, 0.2) is 30.3 Å². The lowest BCUT2D eigenvalue weighted by molar-refractivity contribution is -0.127. The van der Waals surface area contributed by atoms with Gasteiger partial charge in [0.1, 0.15) is 5.00 Å². The predicted molar refractivity (Wildman–Crippen MR) is 95.1 cm³/mol. The molecule has 0 unspecified atom stereocenters. The zero-order valence-corrected chi connectivity index (χ0v) is 14.3. The van der Waals surface area contributed by atoms with Gasteiger partial charge in [-0.2, -0.15) is 0 Å². The van der Waals surface area contributed by atoms with Gasteiger partial charge < -0.3 is 10.4 Å². The molecule has 6 nitrogen and oxygen atoms in total. The van der Waals surface area contributed by atoms with Crippen LogP contribution in [0, 0.1) is 0 Å². The first-order valence-electron chi connectivity index (χ1n) is 7.98. The molecule has 130 valence electrons. The summed E-state index contributed by atoms with van der Waals surface area (Å²) in [6, 6.07) is 10.2. The molecule has 2 N–H and O–H groups in total. The van der Waals surface area contributed by atoms with Crippen molar-refractivity contribution in [3.05, 3.63) is 51.9 Å². The van der Waals surface area contributed by atoms with Crippen molar-refractivity contribution in [1.29, 1.82) is 0 Å². The van der Waals surface area contributed by atoms with Crippen molar-refractivity contribution >= 4 is 34.5 Å². The van der Waals surface area contributed by atoms with Crippen LogP contribution in [0.25, 0.3) is 0 Å². The van der Waals surface area contributed by atoms with Gasteiger partial charge in [-0.25, -0.2) is 4.79 Å². The van der Waals surface area contributed by atoms with Crippen molar-refractivity contribution < 1.29 is 19.5 Å². The van der Waals surface area contributed by atoms with Crippen LogP contribution in [0.5, 0.6) is 0 Å². The van der Waals surface area contributed by atoms with Crippen LogP contribution in [0.3, 0.4) is 0 Å². The van der Waals surface area contributed by atoms with Gasteiger partial charge >= 0.3 is 5.97 Å². The van der Waals surface area contributed by atoms with Gasteiger partial charge in [0, 0.05) is 24.5 Å². The molecule has 2 aromatic rings. The van der Waals surface area contributed by atoms with Gasteiger partial charge in [-0.3, -0.25) is 14.5 Å². The van der Waals surface area contributed by atoms with E-state index in [0.29, 0.717) is 13.0 Å². The van der Waals surface area contributed by atoms with Crippen molar-refractivity contribution in [3.63, 3.8) is 0 Å². The minimum Gasteiger partial charge on any atom is -0.478 e. The fourth-order valence-electron chi connectivity index (χ4n) is 3.03. The minimum atomic E-state index is -1.07. The van der Waals surface area contributed by atoms with Crippen LogP contribution in [0.1, 0.15) is 26.4 Å². The predicted octanol–water partition coefficient (Wildman–Crippen LogP) is 2.18. The minimum absolute atomic E-state index is 0.123. The molecular formula is C18H18N2O4S. The number of amides is 1. The smallest absolute Gasteiger partial charge is 0.339 e. The molecule has 1 aliphatic rings. The Morgan fingerprint density at radius 3 is 2.72 bits per heavy atom. The largest absolute Gasteiger partial charge is 0.478 e. The standard InChI is InChI=1S/C18H18N2O4S/c21-11-15(22)19-17-16(18(23)24)13-7-9-20(10-14(13)25-17)8-6-12-4-2-1-3-5-12/h1-5,11H,6-10H2,(H,19,22)(H,23,24). The number of carbonyl (C=O) groups is 3. The summed E-state index contributed by atoms with van der Waals surface area (Å²) in [5.74, 6) is -1.90. The van der Waals surface area contributed by atoms with E-state index >= 15 is 0 Å². The number of carboxylic acid groups (broad SMARTS) is 1. The molecule has 0 saturated carbocycles. The third kappa shape index (κ3) is 3.94. The molecule has 3 rings (SSSR count). The van der Waals surface area contributed by atoms with Crippen LogP contribution < -0.4 is 5.32 Å². The van der Waals surface area contributed by atoms with Crippen LogP contribution in [0.2, 0.25) is 0 Å². The number of fused-ring (bicyclic) bond motifs is 1. The first kappa shape index (κ1) is 17.3. The Kier molecular flexibility index (Phi) is 5.25. The van der Waals surface area contributed by atoms with Crippen molar-refractivity contribution in [2.24, 2.45) is 0 Å². The number of benzene rings is 1. The molecule has 0 radical (unpaired) electrons. The first-order chi connectivity index (χ1) is 12.1. The lowest BCUT2D eigenvalue weighted by Gasteiger charge is -2.26. The molecule has 0 fully saturated rings. The number of nitrogens with zero attached hydrogens (tertiary/aromatic N) is 1. The maximum absolute atomic E-state index is 11.6. The maximum Gasteiger partial charge on any atom is 0.339 e. The Bertz CT molecular complexity index is 801. The second-order valence-electron chi connectivity index (χ2n) is 5.88. The van der Waals surface area contributed by atoms with Gasteiger partial charge in [-0.15, -0.1) is 11.3 Å². The van der Waals surface area contributed by atoms with E-state index in [1.807, 2.05) is 18.2 Å². The average molecular weight is 358 g/mol. The number of anilines is 1. The molecule has 1 aromatic heterocycles. The molecule has 1 aromatic carbocycles. The third-order valence-electron chi connectivity index (χ3n) is 4.25. The highest BCUT2D eigenvalue weighted by atomic mass is 32.1.